The van der Waals surface area contributed by atoms with Gasteiger partial charge >= 0.3 is 0 Å². The van der Waals surface area contributed by atoms with Crippen molar-refractivity contribution in [3.63, 3.8) is 0 Å². The Labute approximate surface area is 126 Å². The Morgan fingerprint density at radius 1 is 1.35 bits per heavy atom. The molecule has 2 aromatic rings. The summed E-state index contributed by atoms with van der Waals surface area (Å²) in [6.45, 7) is 0.499. The van der Waals surface area contributed by atoms with Gasteiger partial charge in [0.25, 0.3) is 0 Å². The van der Waals surface area contributed by atoms with Crippen molar-refractivity contribution >= 4 is 45.2 Å². The Morgan fingerprint density at radius 2 is 2.12 bits per heavy atom. The molecule has 0 aliphatic rings. The van der Waals surface area contributed by atoms with Crippen LogP contribution >= 0.6 is 45.2 Å². The topological polar surface area (TPSA) is 43.8 Å². The zero-order chi connectivity index (χ0) is 12.4. The number of halogens is 3. The van der Waals surface area contributed by atoms with Crippen LogP contribution in [0.15, 0.2) is 24.5 Å². The number of aromatic nitrogens is 2. The lowest BCUT2D eigenvalue weighted by Crippen LogP contribution is -2.08. The summed E-state index contributed by atoms with van der Waals surface area (Å²) in [4.78, 5) is 4.23. The zero-order valence-corrected chi connectivity index (χ0v) is 13.1. The smallest absolute Gasteiger partial charge is 0.133 e. The summed E-state index contributed by atoms with van der Waals surface area (Å²) in [6, 6.07) is 4.75. The van der Waals surface area contributed by atoms with E-state index in [-0.39, 0.29) is 5.82 Å². The van der Waals surface area contributed by atoms with E-state index in [0.29, 0.717) is 13.0 Å². The molecular weight excluding hydrogens is 447 g/mol. The summed E-state index contributed by atoms with van der Waals surface area (Å²) in [5, 5.41) is 0. The van der Waals surface area contributed by atoms with Gasteiger partial charge in [0, 0.05) is 0 Å². The molecular formula is C11H10FI2N3. The lowest BCUT2D eigenvalue weighted by Gasteiger charge is -2.10. The van der Waals surface area contributed by atoms with Crippen LogP contribution in [0.4, 0.5) is 4.39 Å². The summed E-state index contributed by atoms with van der Waals surface area (Å²) >= 11 is 4.40. The number of imidazole rings is 1. The number of rotatable bonds is 3. The predicted molar refractivity (Wildman–Crippen MR) is 81.7 cm³/mol. The van der Waals surface area contributed by atoms with Crippen LogP contribution in [0.3, 0.4) is 0 Å². The van der Waals surface area contributed by atoms with Gasteiger partial charge in [-0.1, -0.05) is 0 Å². The fourth-order valence-electron chi connectivity index (χ4n) is 1.62. The van der Waals surface area contributed by atoms with Crippen molar-refractivity contribution < 1.29 is 4.39 Å². The molecule has 17 heavy (non-hydrogen) atoms. The summed E-state index contributed by atoms with van der Waals surface area (Å²) in [7, 11) is 0. The van der Waals surface area contributed by atoms with Gasteiger partial charge in [0.2, 0.25) is 0 Å². The number of benzene rings is 1. The highest BCUT2D eigenvalue weighted by molar-refractivity contribution is 14.1. The first-order valence-electron chi connectivity index (χ1n) is 5.00. The van der Waals surface area contributed by atoms with Crippen molar-refractivity contribution in [2.45, 2.75) is 6.42 Å². The lowest BCUT2D eigenvalue weighted by molar-refractivity contribution is 0.624. The molecule has 2 N–H and O–H groups in total. The molecule has 1 aromatic carbocycles. The van der Waals surface area contributed by atoms with Gasteiger partial charge in [0.05, 0.1) is 5.69 Å². The molecule has 90 valence electrons. The molecule has 0 spiro atoms. The van der Waals surface area contributed by atoms with E-state index in [1.807, 2.05) is 4.57 Å². The van der Waals surface area contributed by atoms with Crippen molar-refractivity contribution in [1.82, 2.24) is 9.55 Å². The molecule has 0 atom stereocenters. The maximum Gasteiger partial charge on any atom is 0.133 e. The number of hydrogen-bond acceptors (Lipinski definition) is 2. The van der Waals surface area contributed by atoms with Gasteiger partial charge < -0.3 is 5.73 Å². The van der Waals surface area contributed by atoms with Crippen LogP contribution in [0.2, 0.25) is 0 Å². The van der Waals surface area contributed by atoms with E-state index in [4.69, 9.17) is 5.73 Å². The predicted octanol–water partition coefficient (Wildman–Crippen LogP) is 2.72. The summed E-state index contributed by atoms with van der Waals surface area (Å²) in [6.07, 6.45) is 2.40. The quantitative estimate of drug-likeness (QED) is 0.722. The van der Waals surface area contributed by atoms with Crippen molar-refractivity contribution in [3.8, 4) is 5.69 Å². The second-order valence-electron chi connectivity index (χ2n) is 3.51. The van der Waals surface area contributed by atoms with E-state index in [2.05, 4.69) is 50.2 Å². The van der Waals surface area contributed by atoms with E-state index in [9.17, 15) is 4.39 Å². The van der Waals surface area contributed by atoms with Crippen molar-refractivity contribution in [2.75, 3.05) is 6.54 Å². The molecule has 1 aromatic heterocycles. The molecule has 3 nitrogen and oxygen atoms in total. The third-order valence-electron chi connectivity index (χ3n) is 2.38. The molecule has 0 saturated carbocycles. The first-order chi connectivity index (χ1) is 8.13. The number of nitrogens with zero attached hydrogens (tertiary/aromatic N) is 2. The molecule has 6 heteroatoms. The fourth-order valence-corrected chi connectivity index (χ4v) is 2.53. The van der Waals surface area contributed by atoms with E-state index >= 15 is 0 Å². The normalized spacial score (nSPS) is 10.8. The fraction of sp³-hybridized carbons (Fsp3) is 0.182. The Balaban J connectivity index is 2.54. The van der Waals surface area contributed by atoms with Crippen LogP contribution in [-0.2, 0) is 6.42 Å². The highest BCUT2D eigenvalue weighted by atomic mass is 127. The second kappa shape index (κ2) is 5.61. The molecule has 0 radical (unpaired) electrons. The van der Waals surface area contributed by atoms with Crippen LogP contribution in [0.25, 0.3) is 5.69 Å². The largest absolute Gasteiger partial charge is 0.330 e. The average Bonchev–Trinajstić information content (AvgIpc) is 2.61. The highest BCUT2D eigenvalue weighted by Gasteiger charge is 2.11. The molecule has 2 rings (SSSR count). The van der Waals surface area contributed by atoms with Gasteiger partial charge in [-0.05, 0) is 81.9 Å². The first kappa shape index (κ1) is 13.2. The molecule has 0 fully saturated rings. The van der Waals surface area contributed by atoms with Crippen molar-refractivity contribution in [3.05, 3.63) is 43.3 Å². The van der Waals surface area contributed by atoms with Crippen LogP contribution in [-0.4, -0.2) is 16.1 Å². The monoisotopic (exact) mass is 457 g/mol. The molecule has 0 bridgehead atoms. The summed E-state index contributed by atoms with van der Waals surface area (Å²) < 4.78 is 17.1. The molecule has 0 saturated heterocycles. The maximum absolute atomic E-state index is 13.2. The van der Waals surface area contributed by atoms with Crippen LogP contribution in [0, 0.1) is 13.2 Å². The van der Waals surface area contributed by atoms with Gasteiger partial charge in [-0.2, -0.15) is 0 Å². The van der Waals surface area contributed by atoms with Crippen molar-refractivity contribution in [1.29, 1.82) is 0 Å². The van der Waals surface area contributed by atoms with Gasteiger partial charge in [-0.3, -0.25) is 4.57 Å². The van der Waals surface area contributed by atoms with E-state index in [1.165, 1.54) is 12.1 Å². The van der Waals surface area contributed by atoms with E-state index in [1.54, 1.807) is 12.4 Å². The SMILES string of the molecule is NCCc1cc(F)ccc1-n1cnc(I)c1I. The van der Waals surface area contributed by atoms with Gasteiger partial charge in [-0.15, -0.1) is 0 Å². The third kappa shape index (κ3) is 2.79. The van der Waals surface area contributed by atoms with Crippen LogP contribution < -0.4 is 5.73 Å². The molecule has 0 aliphatic heterocycles. The Hall–Kier alpha value is -0.220. The summed E-state index contributed by atoms with van der Waals surface area (Å²) in [5.41, 5.74) is 7.39. The third-order valence-corrected chi connectivity index (χ3v) is 5.24. The molecule has 0 amide bonds. The van der Waals surface area contributed by atoms with Crippen LogP contribution in [0.5, 0.6) is 0 Å². The summed E-state index contributed by atoms with van der Waals surface area (Å²) in [5.74, 6) is -0.234. The maximum atomic E-state index is 13.2. The number of hydrogen-bond donors (Lipinski definition) is 1. The Bertz CT molecular complexity index is 540. The number of nitrogens with two attached hydrogens (primary N) is 1. The average molecular weight is 457 g/mol. The molecule has 0 unspecified atom stereocenters. The first-order valence-corrected chi connectivity index (χ1v) is 7.16. The highest BCUT2D eigenvalue weighted by Crippen LogP contribution is 2.22. The van der Waals surface area contributed by atoms with Crippen LogP contribution in [0.1, 0.15) is 5.56 Å². The zero-order valence-electron chi connectivity index (χ0n) is 8.83. The van der Waals surface area contributed by atoms with E-state index < -0.39 is 0 Å². The van der Waals surface area contributed by atoms with Crippen molar-refractivity contribution in [2.24, 2.45) is 5.73 Å². The second-order valence-corrected chi connectivity index (χ2v) is 5.55. The minimum Gasteiger partial charge on any atom is -0.330 e. The lowest BCUT2D eigenvalue weighted by atomic mass is 10.1. The van der Waals surface area contributed by atoms with Gasteiger partial charge in [0.15, 0.2) is 0 Å². The minimum atomic E-state index is -0.234. The van der Waals surface area contributed by atoms with Gasteiger partial charge in [-0.25, -0.2) is 9.37 Å². The molecule has 1 heterocycles. The Morgan fingerprint density at radius 3 is 2.71 bits per heavy atom. The van der Waals surface area contributed by atoms with E-state index in [0.717, 1.165) is 18.7 Å². The minimum absolute atomic E-state index is 0.234. The molecule has 0 aliphatic carbocycles. The standard InChI is InChI=1S/C11H10FI2N3/c12-8-1-2-9(7(5-8)3-4-15)17-6-16-10(13)11(17)14/h1-2,5-6H,3-4,15H2. The Kier molecular flexibility index (Phi) is 4.36. The van der Waals surface area contributed by atoms with Gasteiger partial charge in [0.1, 0.15) is 19.5 Å².